The quantitative estimate of drug-likeness (QED) is 0.531. The van der Waals surface area contributed by atoms with Crippen LogP contribution in [0.5, 0.6) is 0 Å². The summed E-state index contributed by atoms with van der Waals surface area (Å²) in [5, 5.41) is 11.8. The van der Waals surface area contributed by atoms with E-state index < -0.39 is 15.9 Å². The van der Waals surface area contributed by atoms with Crippen LogP contribution in [0.2, 0.25) is 0 Å². The fraction of sp³-hybridized carbons (Fsp3) is 0.167. The number of nitrogen functional groups attached to an aromatic ring is 1. The first-order valence-electron chi connectivity index (χ1n) is 8.25. The van der Waals surface area contributed by atoms with E-state index in [0.29, 0.717) is 18.1 Å². The van der Waals surface area contributed by atoms with Crippen molar-refractivity contribution in [3.63, 3.8) is 0 Å². The van der Waals surface area contributed by atoms with Gasteiger partial charge in [0.25, 0.3) is 5.69 Å². The monoisotopic (exact) mass is 400 g/mol. The van der Waals surface area contributed by atoms with Gasteiger partial charge in [-0.05, 0) is 37.1 Å². The molecule has 27 heavy (non-hydrogen) atoms. The van der Waals surface area contributed by atoms with E-state index in [4.69, 9.17) is 5.73 Å². The van der Waals surface area contributed by atoms with Crippen molar-refractivity contribution in [1.29, 1.82) is 0 Å². The first kappa shape index (κ1) is 17.6. The molecule has 7 nitrogen and oxygen atoms in total. The number of para-hydroxylation sites is 1. The molecule has 2 aromatic carbocycles. The average molecular weight is 400 g/mol. The highest BCUT2D eigenvalue weighted by Crippen LogP contribution is 2.37. The van der Waals surface area contributed by atoms with Crippen LogP contribution < -0.4 is 10.0 Å². The molecule has 0 radical (unpaired) electrons. The lowest BCUT2D eigenvalue weighted by Crippen LogP contribution is -2.23. The van der Waals surface area contributed by atoms with Gasteiger partial charge in [-0.2, -0.15) is 0 Å². The van der Waals surface area contributed by atoms with Crippen LogP contribution in [0.1, 0.15) is 10.4 Å². The summed E-state index contributed by atoms with van der Waals surface area (Å²) in [5.41, 5.74) is 9.37. The number of nitro benzene ring substituents is 1. The van der Waals surface area contributed by atoms with E-state index in [1.165, 1.54) is 17.4 Å². The fourth-order valence-electron chi connectivity index (χ4n) is 3.25. The molecule has 0 spiro atoms. The van der Waals surface area contributed by atoms with Crippen molar-refractivity contribution in [2.45, 2.75) is 18.2 Å². The fourth-order valence-corrected chi connectivity index (χ4v) is 5.33. The summed E-state index contributed by atoms with van der Waals surface area (Å²) in [6.07, 6.45) is 0.716. The SMILES string of the molecule is Cc1sc(N)nc1-c1ccc2c(c1)CCN2S(=O)c1ccccc1[N+](=O)[O-]. The number of aromatic nitrogens is 1. The predicted molar refractivity (Wildman–Crippen MR) is 107 cm³/mol. The van der Waals surface area contributed by atoms with Gasteiger partial charge in [-0.25, -0.2) is 9.19 Å². The summed E-state index contributed by atoms with van der Waals surface area (Å²) >= 11 is 1.45. The summed E-state index contributed by atoms with van der Waals surface area (Å²) in [6, 6.07) is 12.0. The van der Waals surface area contributed by atoms with Crippen molar-refractivity contribution in [2.75, 3.05) is 16.6 Å². The minimum Gasteiger partial charge on any atom is -0.375 e. The van der Waals surface area contributed by atoms with Crippen molar-refractivity contribution in [2.24, 2.45) is 0 Å². The number of aryl methyl sites for hydroxylation is 1. The Bertz CT molecular complexity index is 1080. The number of hydrogen-bond acceptors (Lipinski definition) is 6. The Hall–Kier alpha value is -2.78. The smallest absolute Gasteiger partial charge is 0.287 e. The molecule has 138 valence electrons. The van der Waals surface area contributed by atoms with Gasteiger partial charge in [-0.1, -0.05) is 18.2 Å². The molecule has 0 fully saturated rings. The lowest BCUT2D eigenvalue weighted by atomic mass is 10.1. The zero-order chi connectivity index (χ0) is 19.1. The molecule has 1 aromatic heterocycles. The van der Waals surface area contributed by atoms with Crippen LogP contribution in [0.3, 0.4) is 0 Å². The van der Waals surface area contributed by atoms with E-state index in [2.05, 4.69) is 4.98 Å². The van der Waals surface area contributed by atoms with Gasteiger partial charge in [0.15, 0.2) is 16.1 Å². The molecule has 1 aliphatic heterocycles. The Morgan fingerprint density at radius 3 is 2.78 bits per heavy atom. The van der Waals surface area contributed by atoms with E-state index in [-0.39, 0.29) is 10.6 Å². The first-order valence-corrected chi connectivity index (χ1v) is 10.2. The van der Waals surface area contributed by atoms with Gasteiger partial charge in [-0.3, -0.25) is 14.4 Å². The number of hydrogen-bond donors (Lipinski definition) is 1. The number of nitrogens with two attached hydrogens (primary N) is 1. The topological polar surface area (TPSA) is 102 Å². The van der Waals surface area contributed by atoms with Gasteiger partial charge in [0.05, 0.1) is 16.3 Å². The van der Waals surface area contributed by atoms with Crippen molar-refractivity contribution in [1.82, 2.24) is 4.98 Å². The first-order chi connectivity index (χ1) is 13.0. The number of fused-ring (bicyclic) bond motifs is 1. The molecule has 2 heterocycles. The van der Waals surface area contributed by atoms with Crippen molar-refractivity contribution >= 4 is 38.8 Å². The molecular formula is C18H16N4O3S2. The van der Waals surface area contributed by atoms with Crippen LogP contribution in [0, 0.1) is 17.0 Å². The van der Waals surface area contributed by atoms with Crippen LogP contribution >= 0.6 is 11.3 Å². The molecule has 0 saturated carbocycles. The molecule has 1 unspecified atom stereocenters. The predicted octanol–water partition coefficient (Wildman–Crippen LogP) is 3.69. The second-order valence-corrected chi connectivity index (χ2v) is 8.74. The third-order valence-corrected chi connectivity index (χ3v) is 6.77. The minimum absolute atomic E-state index is 0.130. The standard InChI is InChI=1S/C18H16N4O3S2/c1-11-17(20-18(19)26-11)13-6-7-14-12(10-13)8-9-21(14)27(25)16-5-3-2-4-15(16)22(23)24/h2-7,10H,8-9H2,1H3,(H2,19,20). The second-order valence-electron chi connectivity index (χ2n) is 6.13. The third kappa shape index (κ3) is 3.08. The number of thiazole rings is 1. The van der Waals surface area contributed by atoms with Crippen LogP contribution in [0.25, 0.3) is 11.3 Å². The number of nitrogens with zero attached hydrogens (tertiary/aromatic N) is 3. The van der Waals surface area contributed by atoms with Gasteiger partial charge < -0.3 is 5.73 Å². The Morgan fingerprint density at radius 2 is 2.07 bits per heavy atom. The third-order valence-electron chi connectivity index (χ3n) is 4.47. The molecule has 0 bridgehead atoms. The molecule has 4 rings (SSSR count). The molecule has 2 N–H and O–H groups in total. The number of nitro groups is 1. The molecule has 0 aliphatic carbocycles. The maximum Gasteiger partial charge on any atom is 0.287 e. The summed E-state index contributed by atoms with van der Waals surface area (Å²) in [5.74, 6) is 0. The average Bonchev–Trinajstić information content (AvgIpc) is 3.23. The number of benzene rings is 2. The Morgan fingerprint density at radius 1 is 1.30 bits per heavy atom. The van der Waals surface area contributed by atoms with E-state index >= 15 is 0 Å². The van der Waals surface area contributed by atoms with Gasteiger partial charge in [-0.15, -0.1) is 11.3 Å². The molecule has 1 atom stereocenters. The van der Waals surface area contributed by atoms with Crippen molar-refractivity contribution in [3.8, 4) is 11.3 Å². The van der Waals surface area contributed by atoms with E-state index in [0.717, 1.165) is 27.4 Å². The summed E-state index contributed by atoms with van der Waals surface area (Å²) in [4.78, 5) is 16.4. The lowest BCUT2D eigenvalue weighted by Gasteiger charge is -2.18. The lowest BCUT2D eigenvalue weighted by molar-refractivity contribution is -0.387. The molecular weight excluding hydrogens is 384 g/mol. The zero-order valence-corrected chi connectivity index (χ0v) is 16.0. The summed E-state index contributed by atoms with van der Waals surface area (Å²) in [7, 11) is -1.65. The molecule has 3 aromatic rings. The largest absolute Gasteiger partial charge is 0.375 e. The maximum absolute atomic E-state index is 13.1. The van der Waals surface area contributed by atoms with Gasteiger partial charge in [0, 0.05) is 23.1 Å². The zero-order valence-electron chi connectivity index (χ0n) is 14.4. The molecule has 9 heteroatoms. The van der Waals surface area contributed by atoms with Gasteiger partial charge >= 0.3 is 0 Å². The minimum atomic E-state index is -1.65. The molecule has 0 amide bonds. The highest BCUT2D eigenvalue weighted by molar-refractivity contribution is 7.86. The van der Waals surface area contributed by atoms with E-state index in [1.54, 1.807) is 22.5 Å². The Balaban J connectivity index is 1.70. The van der Waals surface area contributed by atoms with E-state index in [1.807, 2.05) is 25.1 Å². The van der Waals surface area contributed by atoms with Crippen molar-refractivity contribution in [3.05, 3.63) is 63.0 Å². The van der Waals surface area contributed by atoms with Crippen LogP contribution in [-0.4, -0.2) is 20.7 Å². The van der Waals surface area contributed by atoms with Gasteiger partial charge in [0.1, 0.15) is 4.90 Å². The van der Waals surface area contributed by atoms with Crippen LogP contribution in [0.15, 0.2) is 47.4 Å². The normalized spacial score (nSPS) is 14.2. The van der Waals surface area contributed by atoms with E-state index in [9.17, 15) is 14.3 Å². The summed E-state index contributed by atoms with van der Waals surface area (Å²) < 4.78 is 14.8. The number of rotatable bonds is 4. The van der Waals surface area contributed by atoms with Gasteiger partial charge in [0.2, 0.25) is 0 Å². The Kier molecular flexibility index (Phi) is 4.40. The highest BCUT2D eigenvalue weighted by atomic mass is 32.2. The second kappa shape index (κ2) is 6.75. The van der Waals surface area contributed by atoms with Crippen LogP contribution in [0.4, 0.5) is 16.5 Å². The Labute approximate surface area is 162 Å². The maximum atomic E-state index is 13.1. The molecule has 0 saturated heterocycles. The molecule has 1 aliphatic rings. The van der Waals surface area contributed by atoms with Crippen LogP contribution in [-0.2, 0) is 17.4 Å². The van der Waals surface area contributed by atoms with Crippen molar-refractivity contribution < 1.29 is 9.13 Å². The highest BCUT2D eigenvalue weighted by Gasteiger charge is 2.29. The number of anilines is 2. The summed E-state index contributed by atoms with van der Waals surface area (Å²) in [6.45, 7) is 2.52.